The lowest BCUT2D eigenvalue weighted by Gasteiger charge is -2.04. The highest BCUT2D eigenvalue weighted by atomic mass is 35.5. The van der Waals surface area contributed by atoms with E-state index in [0.717, 1.165) is 16.8 Å². The van der Waals surface area contributed by atoms with Gasteiger partial charge in [-0.05, 0) is 44.1 Å². The first kappa shape index (κ1) is 12.0. The lowest BCUT2D eigenvalue weighted by molar-refractivity contribution is 1.23. The van der Waals surface area contributed by atoms with Gasteiger partial charge in [0.2, 0.25) is 0 Å². The van der Waals surface area contributed by atoms with Gasteiger partial charge in [0.05, 0.1) is 0 Å². The Hall–Kier alpha value is -1.02. The van der Waals surface area contributed by atoms with E-state index in [4.69, 9.17) is 22.7 Å². The van der Waals surface area contributed by atoms with Crippen molar-refractivity contribution in [2.75, 3.05) is 0 Å². The molecule has 0 radical (unpaired) electrons. The third kappa shape index (κ3) is 4.53. The van der Waals surface area contributed by atoms with Gasteiger partial charge >= 0.3 is 0 Å². The van der Waals surface area contributed by atoms with Crippen molar-refractivity contribution in [3.8, 4) is 0 Å². The van der Waals surface area contributed by atoms with Crippen LogP contribution >= 0.6 is 11.6 Å². The van der Waals surface area contributed by atoms with Crippen molar-refractivity contribution in [2.24, 2.45) is 5.73 Å². The molecule has 3 N–H and O–H groups in total. The molecular formula is C10H15ClN2. The molecule has 0 aliphatic rings. The van der Waals surface area contributed by atoms with Gasteiger partial charge in [0.25, 0.3) is 0 Å². The standard InChI is InChI=1S/C10H15ClN2/c1-4-7(2)9(8(3)12)5-6-10(11)13/h4-6,13H,12H2,1-3H3/b6-5-,7-4-,9-8-,13-10?. The van der Waals surface area contributed by atoms with Crippen LogP contribution in [0.2, 0.25) is 0 Å². The van der Waals surface area contributed by atoms with Crippen molar-refractivity contribution in [3.63, 3.8) is 0 Å². The van der Waals surface area contributed by atoms with Crippen LogP contribution < -0.4 is 5.73 Å². The third-order valence-corrected chi connectivity index (χ3v) is 1.81. The zero-order chi connectivity index (χ0) is 10.4. The number of hydrogen-bond acceptors (Lipinski definition) is 2. The topological polar surface area (TPSA) is 49.9 Å². The minimum absolute atomic E-state index is 0.00246. The maximum atomic E-state index is 7.02. The molecule has 0 fully saturated rings. The summed E-state index contributed by atoms with van der Waals surface area (Å²) in [6.45, 7) is 5.73. The van der Waals surface area contributed by atoms with E-state index in [1.807, 2.05) is 26.8 Å². The van der Waals surface area contributed by atoms with Crippen molar-refractivity contribution in [2.45, 2.75) is 20.8 Å². The highest BCUT2D eigenvalue weighted by molar-refractivity contribution is 6.67. The maximum absolute atomic E-state index is 7.02. The number of nitrogens with one attached hydrogen (secondary N) is 1. The van der Waals surface area contributed by atoms with Gasteiger partial charge < -0.3 is 5.73 Å². The van der Waals surface area contributed by atoms with Gasteiger partial charge in [-0.3, -0.25) is 5.41 Å². The van der Waals surface area contributed by atoms with E-state index < -0.39 is 0 Å². The minimum atomic E-state index is 0.00246. The normalized spacial score (nSPS) is 14.6. The molecule has 0 aromatic carbocycles. The molecule has 0 aromatic rings. The zero-order valence-corrected chi connectivity index (χ0v) is 8.94. The number of nitrogens with two attached hydrogens (primary N) is 1. The van der Waals surface area contributed by atoms with Crippen LogP contribution in [0.1, 0.15) is 20.8 Å². The summed E-state index contributed by atoms with van der Waals surface area (Å²) in [4.78, 5) is 0. The Labute approximate surface area is 84.3 Å². The first-order chi connectivity index (χ1) is 5.99. The van der Waals surface area contributed by atoms with E-state index in [0.29, 0.717) is 0 Å². The average Bonchev–Trinajstić information content (AvgIpc) is 2.03. The summed E-state index contributed by atoms with van der Waals surface area (Å²) in [5.41, 5.74) is 8.40. The molecule has 72 valence electrons. The van der Waals surface area contributed by atoms with Crippen molar-refractivity contribution >= 4 is 16.8 Å². The molecule has 0 unspecified atom stereocenters. The highest BCUT2D eigenvalue weighted by Crippen LogP contribution is 2.13. The molecule has 0 aromatic heterocycles. The molecule has 0 saturated carbocycles. The molecule has 2 nitrogen and oxygen atoms in total. The Morgan fingerprint density at radius 2 is 1.85 bits per heavy atom. The van der Waals surface area contributed by atoms with Gasteiger partial charge in [-0.2, -0.15) is 0 Å². The Kier molecular flexibility index (Phi) is 5.16. The second kappa shape index (κ2) is 5.60. The van der Waals surface area contributed by atoms with E-state index in [-0.39, 0.29) is 5.17 Å². The van der Waals surface area contributed by atoms with Crippen molar-refractivity contribution in [1.29, 1.82) is 5.41 Å². The molecule has 13 heavy (non-hydrogen) atoms. The van der Waals surface area contributed by atoms with Gasteiger partial charge in [-0.15, -0.1) is 0 Å². The van der Waals surface area contributed by atoms with Gasteiger partial charge in [0.15, 0.2) is 0 Å². The van der Waals surface area contributed by atoms with E-state index in [1.165, 1.54) is 6.08 Å². The van der Waals surface area contributed by atoms with Crippen LogP contribution in [0, 0.1) is 5.41 Å². The Morgan fingerprint density at radius 1 is 1.31 bits per heavy atom. The summed E-state index contributed by atoms with van der Waals surface area (Å²) in [6, 6.07) is 0. The second-order valence-corrected chi connectivity index (χ2v) is 3.16. The van der Waals surface area contributed by atoms with Gasteiger partial charge in [-0.25, -0.2) is 0 Å². The van der Waals surface area contributed by atoms with Crippen LogP contribution in [-0.4, -0.2) is 5.17 Å². The molecular weight excluding hydrogens is 184 g/mol. The first-order valence-electron chi connectivity index (χ1n) is 4.00. The van der Waals surface area contributed by atoms with Crippen LogP contribution in [-0.2, 0) is 0 Å². The second-order valence-electron chi connectivity index (χ2n) is 2.75. The predicted molar refractivity (Wildman–Crippen MR) is 59.0 cm³/mol. The molecule has 0 saturated heterocycles. The molecule has 0 aliphatic heterocycles. The van der Waals surface area contributed by atoms with Gasteiger partial charge in [0, 0.05) is 5.70 Å². The van der Waals surface area contributed by atoms with Crippen LogP contribution in [0.5, 0.6) is 0 Å². The number of hydrogen-bond donors (Lipinski definition) is 2. The summed E-state index contributed by atoms with van der Waals surface area (Å²) in [7, 11) is 0. The van der Waals surface area contributed by atoms with Crippen molar-refractivity contribution in [1.82, 2.24) is 0 Å². The van der Waals surface area contributed by atoms with Crippen LogP contribution in [0.25, 0.3) is 0 Å². The third-order valence-electron chi connectivity index (χ3n) is 1.68. The summed E-state index contributed by atoms with van der Waals surface area (Å²) in [5.74, 6) is 0. The van der Waals surface area contributed by atoms with Gasteiger partial charge in [0.1, 0.15) is 5.17 Å². The van der Waals surface area contributed by atoms with Crippen LogP contribution in [0.15, 0.2) is 35.1 Å². The maximum Gasteiger partial charge on any atom is 0.120 e. The van der Waals surface area contributed by atoms with Crippen LogP contribution in [0.4, 0.5) is 0 Å². The number of rotatable bonds is 3. The Balaban J connectivity index is 4.88. The lowest BCUT2D eigenvalue weighted by atomic mass is 10.1. The zero-order valence-electron chi connectivity index (χ0n) is 8.19. The Bertz CT molecular complexity index is 281. The summed E-state index contributed by atoms with van der Waals surface area (Å²) in [5, 5.41) is 7.02. The summed E-state index contributed by atoms with van der Waals surface area (Å²) < 4.78 is 0. The van der Waals surface area contributed by atoms with E-state index in [2.05, 4.69) is 0 Å². The molecule has 0 bridgehead atoms. The van der Waals surface area contributed by atoms with Crippen molar-refractivity contribution < 1.29 is 0 Å². The largest absolute Gasteiger partial charge is 0.402 e. The Morgan fingerprint density at radius 3 is 2.15 bits per heavy atom. The number of allylic oxidation sites excluding steroid dienone is 6. The van der Waals surface area contributed by atoms with E-state index in [1.54, 1.807) is 6.08 Å². The molecule has 0 heterocycles. The molecule has 0 atom stereocenters. The van der Waals surface area contributed by atoms with Gasteiger partial charge in [-0.1, -0.05) is 17.7 Å². The quantitative estimate of drug-likeness (QED) is 0.532. The van der Waals surface area contributed by atoms with Crippen LogP contribution in [0.3, 0.4) is 0 Å². The fourth-order valence-corrected chi connectivity index (χ4v) is 0.949. The fraction of sp³-hybridized carbons (Fsp3) is 0.300. The van der Waals surface area contributed by atoms with E-state index in [9.17, 15) is 0 Å². The molecule has 0 rings (SSSR count). The first-order valence-corrected chi connectivity index (χ1v) is 4.38. The average molecular weight is 199 g/mol. The summed E-state index contributed by atoms with van der Waals surface area (Å²) in [6.07, 6.45) is 5.23. The monoisotopic (exact) mass is 198 g/mol. The minimum Gasteiger partial charge on any atom is -0.402 e. The summed E-state index contributed by atoms with van der Waals surface area (Å²) >= 11 is 5.39. The van der Waals surface area contributed by atoms with E-state index >= 15 is 0 Å². The smallest absolute Gasteiger partial charge is 0.120 e. The highest BCUT2D eigenvalue weighted by Gasteiger charge is 1.97. The molecule has 0 spiro atoms. The SMILES string of the molecule is C\C=C(C)/C(/C=C\C(=N)Cl)=C(/C)N. The molecule has 3 heteroatoms. The van der Waals surface area contributed by atoms with Crippen molar-refractivity contribution in [3.05, 3.63) is 35.1 Å². The fourth-order valence-electron chi connectivity index (χ4n) is 0.886. The predicted octanol–water partition coefficient (Wildman–Crippen LogP) is 2.96. The lowest BCUT2D eigenvalue weighted by Crippen LogP contribution is -1.98. The molecule has 0 aliphatic carbocycles. The number of halogens is 1. The molecule has 0 amide bonds.